The fraction of sp³-hybridized carbons (Fsp3) is 0.231. The molecule has 0 bridgehead atoms. The molecule has 4 nitrogen and oxygen atoms in total. The predicted octanol–water partition coefficient (Wildman–Crippen LogP) is 2.21. The molecule has 1 N–H and O–H groups in total. The fourth-order valence-corrected chi connectivity index (χ4v) is 1.69. The minimum absolute atomic E-state index is 0.102. The van der Waals surface area contributed by atoms with Crippen molar-refractivity contribution < 1.29 is 9.90 Å². The van der Waals surface area contributed by atoms with E-state index in [1.54, 1.807) is 10.9 Å². The van der Waals surface area contributed by atoms with Crippen molar-refractivity contribution in [3.05, 3.63) is 53.9 Å². The summed E-state index contributed by atoms with van der Waals surface area (Å²) in [6, 6.07) is 11.7. The fourth-order valence-electron chi connectivity index (χ4n) is 1.69. The van der Waals surface area contributed by atoms with E-state index >= 15 is 0 Å². The SMILES string of the molecule is O=C(O)c1ccn(CCCc2ccccc2)n1. The van der Waals surface area contributed by atoms with Gasteiger partial charge in [-0.05, 0) is 24.5 Å². The highest BCUT2D eigenvalue weighted by Gasteiger charge is 2.05. The summed E-state index contributed by atoms with van der Waals surface area (Å²) in [5, 5.41) is 12.7. The van der Waals surface area contributed by atoms with Gasteiger partial charge in [0.05, 0.1) is 0 Å². The van der Waals surface area contributed by atoms with Crippen LogP contribution in [-0.4, -0.2) is 20.9 Å². The molecule has 2 aromatic rings. The van der Waals surface area contributed by atoms with Crippen molar-refractivity contribution in [1.82, 2.24) is 9.78 Å². The smallest absolute Gasteiger partial charge is 0.356 e. The number of carboxylic acid groups (broad SMARTS) is 1. The van der Waals surface area contributed by atoms with Gasteiger partial charge in [-0.25, -0.2) is 4.79 Å². The Morgan fingerprint density at radius 2 is 2.00 bits per heavy atom. The van der Waals surface area contributed by atoms with Crippen LogP contribution in [0.1, 0.15) is 22.5 Å². The molecule has 0 spiro atoms. The van der Waals surface area contributed by atoms with Crippen LogP contribution in [0.5, 0.6) is 0 Å². The minimum atomic E-state index is -0.980. The van der Waals surface area contributed by atoms with Crippen LogP contribution in [0.25, 0.3) is 0 Å². The van der Waals surface area contributed by atoms with Crippen LogP contribution in [0.15, 0.2) is 42.6 Å². The van der Waals surface area contributed by atoms with E-state index in [0.29, 0.717) is 0 Å². The van der Waals surface area contributed by atoms with E-state index in [1.807, 2.05) is 18.2 Å². The average molecular weight is 230 g/mol. The Balaban J connectivity index is 1.84. The third kappa shape index (κ3) is 3.17. The first kappa shape index (κ1) is 11.4. The lowest BCUT2D eigenvalue weighted by molar-refractivity contribution is 0.0689. The molecule has 0 saturated carbocycles. The van der Waals surface area contributed by atoms with Gasteiger partial charge in [0.2, 0.25) is 0 Å². The van der Waals surface area contributed by atoms with Gasteiger partial charge in [0.15, 0.2) is 5.69 Å². The van der Waals surface area contributed by atoms with Crippen molar-refractivity contribution >= 4 is 5.97 Å². The second-order valence-electron chi connectivity index (χ2n) is 3.86. The first-order valence-corrected chi connectivity index (χ1v) is 5.56. The van der Waals surface area contributed by atoms with Gasteiger partial charge in [0.25, 0.3) is 0 Å². The first-order chi connectivity index (χ1) is 8.25. The van der Waals surface area contributed by atoms with Crippen LogP contribution in [-0.2, 0) is 13.0 Å². The molecule has 0 aliphatic carbocycles. The van der Waals surface area contributed by atoms with Crippen molar-refractivity contribution in [2.75, 3.05) is 0 Å². The largest absolute Gasteiger partial charge is 0.476 e. The summed E-state index contributed by atoms with van der Waals surface area (Å²) in [5.41, 5.74) is 1.39. The number of rotatable bonds is 5. The molecule has 88 valence electrons. The monoisotopic (exact) mass is 230 g/mol. The molecule has 0 aliphatic heterocycles. The first-order valence-electron chi connectivity index (χ1n) is 5.56. The molecule has 1 aromatic heterocycles. The van der Waals surface area contributed by atoms with Crippen molar-refractivity contribution in [3.8, 4) is 0 Å². The molecule has 0 radical (unpaired) electrons. The quantitative estimate of drug-likeness (QED) is 0.856. The maximum atomic E-state index is 10.6. The van der Waals surface area contributed by atoms with Crippen LogP contribution in [0.4, 0.5) is 0 Å². The van der Waals surface area contributed by atoms with Crippen LogP contribution in [0.3, 0.4) is 0 Å². The standard InChI is InChI=1S/C13H14N2O2/c16-13(17)12-8-10-15(14-12)9-4-7-11-5-2-1-3-6-11/h1-3,5-6,8,10H,4,7,9H2,(H,16,17). The lowest BCUT2D eigenvalue weighted by Gasteiger charge is -2.01. The summed E-state index contributed by atoms with van der Waals surface area (Å²) in [5.74, 6) is -0.980. The molecule has 2 rings (SSSR count). The van der Waals surface area contributed by atoms with Crippen molar-refractivity contribution in [3.63, 3.8) is 0 Å². The third-order valence-corrected chi connectivity index (χ3v) is 2.56. The Morgan fingerprint density at radius 3 is 2.65 bits per heavy atom. The summed E-state index contributed by atoms with van der Waals surface area (Å²) in [6.07, 6.45) is 3.63. The number of aromatic nitrogens is 2. The number of aromatic carboxylic acids is 1. The van der Waals surface area contributed by atoms with E-state index in [0.717, 1.165) is 19.4 Å². The molecule has 0 amide bonds. The van der Waals surface area contributed by atoms with E-state index in [-0.39, 0.29) is 5.69 Å². The zero-order valence-electron chi connectivity index (χ0n) is 9.41. The summed E-state index contributed by atoms with van der Waals surface area (Å²) in [6.45, 7) is 0.738. The zero-order chi connectivity index (χ0) is 12.1. The molecule has 0 unspecified atom stereocenters. The highest BCUT2D eigenvalue weighted by molar-refractivity contribution is 5.84. The third-order valence-electron chi connectivity index (χ3n) is 2.56. The highest BCUT2D eigenvalue weighted by Crippen LogP contribution is 2.04. The summed E-state index contributed by atoms with van der Waals surface area (Å²) < 4.78 is 1.67. The lowest BCUT2D eigenvalue weighted by Crippen LogP contribution is -2.03. The van der Waals surface area contributed by atoms with E-state index in [1.165, 1.54) is 11.6 Å². The predicted molar refractivity (Wildman–Crippen MR) is 63.9 cm³/mol. The number of hydrogen-bond acceptors (Lipinski definition) is 2. The molecular formula is C13H14N2O2. The highest BCUT2D eigenvalue weighted by atomic mass is 16.4. The van der Waals surface area contributed by atoms with Gasteiger partial charge in [-0.15, -0.1) is 0 Å². The van der Waals surface area contributed by atoms with Crippen LogP contribution in [0, 0.1) is 0 Å². The second-order valence-corrected chi connectivity index (χ2v) is 3.86. The molecule has 0 saturated heterocycles. The van der Waals surface area contributed by atoms with Gasteiger partial charge in [0.1, 0.15) is 0 Å². The molecule has 4 heteroatoms. The van der Waals surface area contributed by atoms with Gasteiger partial charge in [0, 0.05) is 12.7 Å². The Kier molecular flexibility index (Phi) is 3.55. The van der Waals surface area contributed by atoms with Gasteiger partial charge < -0.3 is 5.11 Å². The van der Waals surface area contributed by atoms with Crippen molar-refractivity contribution in [2.45, 2.75) is 19.4 Å². The molecule has 17 heavy (non-hydrogen) atoms. The number of carbonyl (C=O) groups is 1. The average Bonchev–Trinajstić information content (AvgIpc) is 2.79. The Hall–Kier alpha value is -2.10. The molecule has 0 fully saturated rings. The minimum Gasteiger partial charge on any atom is -0.476 e. The van der Waals surface area contributed by atoms with Gasteiger partial charge in [-0.1, -0.05) is 30.3 Å². The van der Waals surface area contributed by atoms with Crippen LogP contribution >= 0.6 is 0 Å². The normalized spacial score (nSPS) is 10.4. The summed E-state index contributed by atoms with van der Waals surface area (Å²) >= 11 is 0. The maximum absolute atomic E-state index is 10.6. The molecule has 1 aromatic carbocycles. The molecule has 1 heterocycles. The Bertz CT molecular complexity index is 491. The number of aryl methyl sites for hydroxylation is 2. The van der Waals surface area contributed by atoms with Crippen LogP contribution in [0.2, 0.25) is 0 Å². The van der Waals surface area contributed by atoms with Gasteiger partial charge in [-0.2, -0.15) is 5.10 Å². The van der Waals surface area contributed by atoms with Crippen molar-refractivity contribution in [1.29, 1.82) is 0 Å². The Morgan fingerprint density at radius 1 is 1.24 bits per heavy atom. The summed E-state index contributed by atoms with van der Waals surface area (Å²) in [7, 11) is 0. The van der Waals surface area contributed by atoms with E-state index in [9.17, 15) is 4.79 Å². The van der Waals surface area contributed by atoms with Gasteiger partial charge >= 0.3 is 5.97 Å². The Labute approximate surface area is 99.5 Å². The van der Waals surface area contributed by atoms with Gasteiger partial charge in [-0.3, -0.25) is 4.68 Å². The molecular weight excluding hydrogens is 216 g/mol. The maximum Gasteiger partial charge on any atom is 0.356 e. The zero-order valence-corrected chi connectivity index (χ0v) is 9.41. The second kappa shape index (κ2) is 5.30. The number of benzene rings is 1. The number of hydrogen-bond donors (Lipinski definition) is 1. The van der Waals surface area contributed by atoms with E-state index in [4.69, 9.17) is 5.11 Å². The number of carboxylic acids is 1. The van der Waals surface area contributed by atoms with E-state index in [2.05, 4.69) is 17.2 Å². The molecule has 0 atom stereocenters. The van der Waals surface area contributed by atoms with Crippen molar-refractivity contribution in [2.24, 2.45) is 0 Å². The van der Waals surface area contributed by atoms with E-state index < -0.39 is 5.97 Å². The topological polar surface area (TPSA) is 55.1 Å². The summed E-state index contributed by atoms with van der Waals surface area (Å²) in [4.78, 5) is 10.6. The number of nitrogens with zero attached hydrogens (tertiary/aromatic N) is 2. The molecule has 0 aliphatic rings. The van der Waals surface area contributed by atoms with Crippen LogP contribution < -0.4 is 0 Å². The lowest BCUT2D eigenvalue weighted by atomic mass is 10.1.